The van der Waals surface area contributed by atoms with Crippen LogP contribution in [0.5, 0.6) is 0 Å². The average Bonchev–Trinajstić information content (AvgIpc) is 3.20. The molecule has 9 heteroatoms. The number of aliphatic hydroxyl groups is 1. The van der Waals surface area contributed by atoms with Crippen LogP contribution in [-0.4, -0.2) is 70.7 Å². The van der Waals surface area contributed by atoms with Gasteiger partial charge in [0.05, 0.1) is 16.9 Å². The molecule has 198 valence electrons. The number of piperazine rings is 1. The third kappa shape index (κ3) is 4.91. The molecule has 1 N–H and O–H groups in total. The highest BCUT2D eigenvalue weighted by atomic mass is 16.3. The summed E-state index contributed by atoms with van der Waals surface area (Å²) in [4.78, 5) is 31.6. The van der Waals surface area contributed by atoms with Crippen LogP contribution in [0.4, 0.5) is 0 Å². The quantitative estimate of drug-likeness (QED) is 0.434. The highest BCUT2D eigenvalue weighted by Crippen LogP contribution is 2.31. The van der Waals surface area contributed by atoms with Gasteiger partial charge in [-0.25, -0.2) is 9.97 Å². The summed E-state index contributed by atoms with van der Waals surface area (Å²) in [6, 6.07) is 12.0. The van der Waals surface area contributed by atoms with E-state index in [0.29, 0.717) is 29.3 Å². The number of carbonyl (C=O) groups is 1. The molecule has 1 amide bonds. The van der Waals surface area contributed by atoms with E-state index in [1.165, 1.54) is 0 Å². The average molecular weight is 514 g/mol. The molecule has 0 spiro atoms. The van der Waals surface area contributed by atoms with Gasteiger partial charge in [0.1, 0.15) is 11.3 Å². The van der Waals surface area contributed by atoms with Gasteiger partial charge in [0.15, 0.2) is 5.82 Å². The van der Waals surface area contributed by atoms with E-state index < -0.39 is 5.60 Å². The minimum absolute atomic E-state index is 0.0240. The lowest BCUT2D eigenvalue weighted by Crippen LogP contribution is -2.57. The molecular weight excluding hydrogens is 478 g/mol. The van der Waals surface area contributed by atoms with E-state index >= 15 is 0 Å². The highest BCUT2D eigenvalue weighted by molar-refractivity contribution is 6.03. The predicted octanol–water partition coefficient (Wildman–Crippen LogP) is 3.70. The normalized spacial score (nSPS) is 18.8. The topological polar surface area (TPSA) is 100 Å². The van der Waals surface area contributed by atoms with Crippen molar-refractivity contribution in [3.63, 3.8) is 0 Å². The van der Waals surface area contributed by atoms with Gasteiger partial charge >= 0.3 is 0 Å². The summed E-state index contributed by atoms with van der Waals surface area (Å²) in [5.74, 6) is 0.347. The summed E-state index contributed by atoms with van der Waals surface area (Å²) >= 11 is 0. The van der Waals surface area contributed by atoms with Gasteiger partial charge in [0.25, 0.3) is 5.91 Å². The molecule has 0 aliphatic carbocycles. The standard InChI is InChI=1S/C29H35N7O2/c1-18-13-25-23(26(33-34(25)6)24-10-12-31-28(32-24)29(4,5)38)14-22(18)27(37)36-16-19(2)35(15-20(36)3)17-21-9-7-8-11-30-21/h7-14,19-20,38H,15-17H2,1-6H3/t19-,20+/m0/s1. The first-order valence-corrected chi connectivity index (χ1v) is 13.0. The fourth-order valence-corrected chi connectivity index (χ4v) is 5.17. The first-order chi connectivity index (χ1) is 18.0. The third-order valence-electron chi connectivity index (χ3n) is 7.34. The molecule has 3 aromatic heterocycles. The number of rotatable bonds is 5. The molecule has 1 saturated heterocycles. The van der Waals surface area contributed by atoms with Crippen molar-refractivity contribution in [3.8, 4) is 11.4 Å². The van der Waals surface area contributed by atoms with Crippen LogP contribution in [0.2, 0.25) is 0 Å². The number of hydrogen-bond acceptors (Lipinski definition) is 7. The van der Waals surface area contributed by atoms with E-state index in [9.17, 15) is 9.90 Å². The maximum atomic E-state index is 13.9. The Labute approximate surface area is 223 Å². The van der Waals surface area contributed by atoms with Crippen molar-refractivity contribution >= 4 is 16.8 Å². The minimum Gasteiger partial charge on any atom is -0.382 e. The second kappa shape index (κ2) is 9.89. The molecule has 0 radical (unpaired) electrons. The van der Waals surface area contributed by atoms with E-state index in [1.807, 2.05) is 55.4 Å². The summed E-state index contributed by atoms with van der Waals surface area (Å²) in [5, 5.41) is 16.0. The highest BCUT2D eigenvalue weighted by Gasteiger charge is 2.33. The molecule has 4 heterocycles. The Balaban J connectivity index is 1.46. The van der Waals surface area contributed by atoms with E-state index in [2.05, 4.69) is 33.7 Å². The van der Waals surface area contributed by atoms with Crippen LogP contribution >= 0.6 is 0 Å². The SMILES string of the molecule is Cc1cc2c(cc1C(=O)N1C[C@H](C)N(Cc3ccccn3)C[C@H]1C)c(-c1ccnc(C(C)(C)O)n1)nn2C. The van der Waals surface area contributed by atoms with Crippen LogP contribution in [0.25, 0.3) is 22.3 Å². The molecule has 2 atom stereocenters. The summed E-state index contributed by atoms with van der Waals surface area (Å²) in [6.45, 7) is 11.7. The summed E-state index contributed by atoms with van der Waals surface area (Å²) in [5.41, 5.74) is 3.62. The predicted molar refractivity (Wildman–Crippen MR) is 146 cm³/mol. The smallest absolute Gasteiger partial charge is 0.254 e. The van der Waals surface area contributed by atoms with Gasteiger partial charge in [0, 0.05) is 62.1 Å². The second-order valence-corrected chi connectivity index (χ2v) is 10.9. The lowest BCUT2D eigenvalue weighted by Gasteiger charge is -2.44. The number of aryl methyl sites for hydroxylation is 2. The number of hydrogen-bond donors (Lipinski definition) is 1. The van der Waals surface area contributed by atoms with Gasteiger partial charge in [-0.1, -0.05) is 6.07 Å². The number of carbonyl (C=O) groups excluding carboxylic acids is 1. The summed E-state index contributed by atoms with van der Waals surface area (Å²) in [7, 11) is 1.88. The van der Waals surface area contributed by atoms with E-state index in [-0.39, 0.29) is 18.0 Å². The zero-order valence-electron chi connectivity index (χ0n) is 22.9. The molecule has 1 fully saturated rings. The van der Waals surface area contributed by atoms with E-state index in [4.69, 9.17) is 5.10 Å². The summed E-state index contributed by atoms with van der Waals surface area (Å²) < 4.78 is 1.80. The molecule has 9 nitrogen and oxygen atoms in total. The van der Waals surface area contributed by atoms with Gasteiger partial charge in [0.2, 0.25) is 0 Å². The maximum absolute atomic E-state index is 13.9. The van der Waals surface area contributed by atoms with E-state index in [1.54, 1.807) is 30.8 Å². The van der Waals surface area contributed by atoms with Crippen LogP contribution in [0.15, 0.2) is 48.8 Å². The fourth-order valence-electron chi connectivity index (χ4n) is 5.17. The van der Waals surface area contributed by atoms with Gasteiger partial charge in [-0.05, 0) is 70.5 Å². The van der Waals surface area contributed by atoms with Gasteiger partial charge in [-0.15, -0.1) is 0 Å². The monoisotopic (exact) mass is 513 g/mol. The molecule has 1 aliphatic rings. The Morgan fingerprint density at radius 3 is 2.58 bits per heavy atom. The van der Waals surface area contributed by atoms with Crippen molar-refractivity contribution in [2.75, 3.05) is 13.1 Å². The Hall–Kier alpha value is -3.69. The second-order valence-electron chi connectivity index (χ2n) is 10.9. The zero-order chi connectivity index (χ0) is 27.2. The van der Waals surface area contributed by atoms with Gasteiger partial charge in [-0.3, -0.25) is 19.4 Å². The molecule has 0 bridgehead atoms. The first kappa shape index (κ1) is 25.9. The molecule has 1 aliphatic heterocycles. The van der Waals surface area contributed by atoms with Crippen molar-refractivity contribution in [2.24, 2.45) is 7.05 Å². The minimum atomic E-state index is -1.18. The van der Waals surface area contributed by atoms with Crippen molar-refractivity contribution in [2.45, 2.75) is 58.8 Å². The molecule has 38 heavy (non-hydrogen) atoms. The fraction of sp³-hybridized carbons (Fsp3) is 0.414. The third-order valence-corrected chi connectivity index (χ3v) is 7.34. The van der Waals surface area contributed by atoms with E-state index in [0.717, 1.165) is 35.2 Å². The number of pyridine rings is 1. The number of aromatic nitrogens is 5. The molecule has 0 unspecified atom stereocenters. The van der Waals surface area contributed by atoms with Crippen LogP contribution in [-0.2, 0) is 19.2 Å². The van der Waals surface area contributed by atoms with Crippen LogP contribution < -0.4 is 0 Å². The molecule has 4 aromatic rings. The van der Waals surface area contributed by atoms with Crippen molar-refractivity contribution < 1.29 is 9.90 Å². The van der Waals surface area contributed by atoms with Gasteiger partial charge < -0.3 is 10.0 Å². The van der Waals surface area contributed by atoms with Gasteiger partial charge in [-0.2, -0.15) is 5.10 Å². The Bertz CT molecular complexity index is 1480. The summed E-state index contributed by atoms with van der Waals surface area (Å²) in [6.07, 6.45) is 3.45. The van der Waals surface area contributed by atoms with Crippen LogP contribution in [0, 0.1) is 6.92 Å². The number of amides is 1. The molecule has 5 rings (SSSR count). The Morgan fingerprint density at radius 2 is 1.87 bits per heavy atom. The first-order valence-electron chi connectivity index (χ1n) is 13.0. The Kier molecular flexibility index (Phi) is 6.75. The number of nitrogens with zero attached hydrogens (tertiary/aromatic N) is 7. The number of fused-ring (bicyclic) bond motifs is 1. The van der Waals surface area contributed by atoms with Crippen LogP contribution in [0.1, 0.15) is 55.1 Å². The zero-order valence-corrected chi connectivity index (χ0v) is 22.9. The van der Waals surface area contributed by atoms with Crippen molar-refractivity contribution in [1.82, 2.24) is 34.5 Å². The lowest BCUT2D eigenvalue weighted by atomic mass is 10.00. The molecule has 1 aromatic carbocycles. The van der Waals surface area contributed by atoms with Crippen molar-refractivity contribution in [3.05, 3.63) is 71.4 Å². The molecule has 0 saturated carbocycles. The van der Waals surface area contributed by atoms with Crippen molar-refractivity contribution in [1.29, 1.82) is 0 Å². The molecular formula is C29H35N7O2. The number of benzene rings is 1. The maximum Gasteiger partial charge on any atom is 0.254 e. The van der Waals surface area contributed by atoms with Crippen LogP contribution in [0.3, 0.4) is 0 Å². The largest absolute Gasteiger partial charge is 0.382 e. The Morgan fingerprint density at radius 1 is 1.08 bits per heavy atom. The lowest BCUT2D eigenvalue weighted by molar-refractivity contribution is 0.0286.